The van der Waals surface area contributed by atoms with Gasteiger partial charge in [-0.25, -0.2) is 4.79 Å². The largest absolute Gasteiger partial charge is 0.411 e. The van der Waals surface area contributed by atoms with Gasteiger partial charge in [-0.15, -0.1) is 0 Å². The van der Waals surface area contributed by atoms with Crippen molar-refractivity contribution in [1.82, 2.24) is 0 Å². The fourth-order valence-corrected chi connectivity index (χ4v) is 1.74. The van der Waals surface area contributed by atoms with Crippen LogP contribution >= 0.6 is 0 Å². The van der Waals surface area contributed by atoms with E-state index in [0.29, 0.717) is 0 Å². The molecule has 0 spiro atoms. The Hall–Kier alpha value is -0.930. The molecule has 0 N–H and O–H groups in total. The highest BCUT2D eigenvalue weighted by Crippen LogP contribution is 2.36. The van der Waals surface area contributed by atoms with Crippen molar-refractivity contribution in [2.24, 2.45) is 10.7 Å². The van der Waals surface area contributed by atoms with Crippen molar-refractivity contribution in [2.75, 3.05) is 6.54 Å². The standard InChI is InChI=1S/C7H11N2O2/c1-7(2)3-4-9-5(7)6(10)11-8-9/h5H,3-4H2,1-2H3/q+1. The van der Waals surface area contributed by atoms with Crippen LogP contribution in [0.3, 0.4) is 0 Å². The predicted molar refractivity (Wildman–Crippen MR) is 35.8 cm³/mol. The molecule has 0 saturated carbocycles. The zero-order valence-corrected chi connectivity index (χ0v) is 6.70. The molecule has 1 saturated heterocycles. The second kappa shape index (κ2) is 1.81. The lowest BCUT2D eigenvalue weighted by molar-refractivity contribution is -0.602. The second-order valence-electron chi connectivity index (χ2n) is 3.80. The first-order valence-corrected chi connectivity index (χ1v) is 3.80. The fourth-order valence-electron chi connectivity index (χ4n) is 1.74. The molecule has 2 heterocycles. The van der Waals surface area contributed by atoms with Crippen molar-refractivity contribution in [2.45, 2.75) is 26.3 Å². The van der Waals surface area contributed by atoms with Crippen LogP contribution in [0.2, 0.25) is 0 Å². The maximum Gasteiger partial charge on any atom is 0.411 e. The molecule has 11 heavy (non-hydrogen) atoms. The number of carbonyl (C=O) groups is 1. The summed E-state index contributed by atoms with van der Waals surface area (Å²) in [4.78, 5) is 15.7. The van der Waals surface area contributed by atoms with Gasteiger partial charge in [0.05, 0.1) is 0 Å². The summed E-state index contributed by atoms with van der Waals surface area (Å²) in [6.45, 7) is 4.98. The SMILES string of the molecule is CC1(C)CC[N+]2=NOC(=O)C21. The fraction of sp³-hybridized carbons (Fsp3) is 0.857. The average Bonchev–Trinajstić information content (AvgIpc) is 2.38. The first kappa shape index (κ1) is 6.76. The van der Waals surface area contributed by atoms with E-state index < -0.39 is 0 Å². The second-order valence-corrected chi connectivity index (χ2v) is 3.80. The summed E-state index contributed by atoms with van der Waals surface area (Å²) >= 11 is 0. The van der Waals surface area contributed by atoms with E-state index >= 15 is 0 Å². The Morgan fingerprint density at radius 1 is 1.73 bits per heavy atom. The van der Waals surface area contributed by atoms with Crippen LogP contribution in [0.25, 0.3) is 0 Å². The van der Waals surface area contributed by atoms with E-state index in [1.165, 1.54) is 0 Å². The van der Waals surface area contributed by atoms with Gasteiger partial charge >= 0.3 is 5.97 Å². The van der Waals surface area contributed by atoms with Crippen LogP contribution in [0.1, 0.15) is 20.3 Å². The Bertz CT molecular complexity index is 245. The number of nitrogens with zero attached hydrogens (tertiary/aromatic N) is 2. The Morgan fingerprint density at radius 3 is 3.09 bits per heavy atom. The van der Waals surface area contributed by atoms with Gasteiger partial charge in [-0.3, -0.25) is 4.84 Å². The minimum atomic E-state index is -0.201. The van der Waals surface area contributed by atoms with Gasteiger partial charge in [0.2, 0.25) is 0 Å². The van der Waals surface area contributed by atoms with Crippen molar-refractivity contribution in [1.29, 1.82) is 0 Å². The van der Waals surface area contributed by atoms with E-state index in [1.54, 1.807) is 4.70 Å². The first-order chi connectivity index (χ1) is 5.11. The Morgan fingerprint density at radius 2 is 2.45 bits per heavy atom. The van der Waals surface area contributed by atoms with Gasteiger partial charge in [0.15, 0.2) is 11.8 Å². The van der Waals surface area contributed by atoms with Gasteiger partial charge < -0.3 is 0 Å². The van der Waals surface area contributed by atoms with E-state index in [0.717, 1.165) is 13.0 Å². The van der Waals surface area contributed by atoms with Crippen LogP contribution in [-0.2, 0) is 9.63 Å². The molecule has 4 nitrogen and oxygen atoms in total. The first-order valence-electron chi connectivity index (χ1n) is 3.80. The molecule has 2 rings (SSSR count). The molecule has 1 atom stereocenters. The molecule has 0 aromatic rings. The van der Waals surface area contributed by atoms with E-state index in [-0.39, 0.29) is 17.4 Å². The van der Waals surface area contributed by atoms with Crippen LogP contribution in [0, 0.1) is 5.41 Å². The Balaban J connectivity index is 2.36. The zero-order chi connectivity index (χ0) is 8.06. The molecular formula is C7H11N2O2+. The van der Waals surface area contributed by atoms with Crippen molar-refractivity contribution >= 4 is 5.97 Å². The number of hydrogen-bond acceptors (Lipinski definition) is 3. The van der Waals surface area contributed by atoms with Crippen molar-refractivity contribution in [3.05, 3.63) is 0 Å². The molecule has 0 aromatic heterocycles. The molecule has 2 aliphatic heterocycles. The van der Waals surface area contributed by atoms with Gasteiger partial charge in [0, 0.05) is 11.8 Å². The lowest BCUT2D eigenvalue weighted by Gasteiger charge is -2.13. The highest BCUT2D eigenvalue weighted by molar-refractivity contribution is 5.75. The lowest BCUT2D eigenvalue weighted by atomic mass is 9.85. The minimum absolute atomic E-state index is 0.0249. The number of hydrogen-bond donors (Lipinski definition) is 0. The van der Waals surface area contributed by atoms with Crippen LogP contribution in [0.15, 0.2) is 5.28 Å². The molecule has 1 unspecified atom stereocenters. The topological polar surface area (TPSA) is 41.7 Å². The summed E-state index contributed by atoms with van der Waals surface area (Å²) in [5.74, 6) is -0.201. The molecule has 1 fully saturated rings. The quantitative estimate of drug-likeness (QED) is 0.484. The summed E-state index contributed by atoms with van der Waals surface area (Å²) in [7, 11) is 0. The molecule has 2 aliphatic rings. The summed E-state index contributed by atoms with van der Waals surface area (Å²) in [6, 6.07) is -0.137. The number of fused-ring (bicyclic) bond motifs is 1. The summed E-state index contributed by atoms with van der Waals surface area (Å²) in [6.07, 6.45) is 1.01. The third-order valence-corrected chi connectivity index (χ3v) is 2.48. The molecule has 0 aliphatic carbocycles. The number of rotatable bonds is 0. The molecule has 0 radical (unpaired) electrons. The molecule has 0 amide bonds. The van der Waals surface area contributed by atoms with Gasteiger partial charge in [-0.05, 0) is 0 Å². The number of carbonyl (C=O) groups excluding carboxylic acids is 1. The van der Waals surface area contributed by atoms with Crippen LogP contribution < -0.4 is 0 Å². The molecular weight excluding hydrogens is 144 g/mol. The van der Waals surface area contributed by atoms with E-state index in [2.05, 4.69) is 24.0 Å². The minimum Gasteiger partial charge on any atom is -0.261 e. The van der Waals surface area contributed by atoms with Gasteiger partial charge in [0.25, 0.3) is 6.04 Å². The van der Waals surface area contributed by atoms with Crippen LogP contribution in [0.4, 0.5) is 0 Å². The summed E-state index contributed by atoms with van der Waals surface area (Å²) < 4.78 is 1.74. The zero-order valence-electron chi connectivity index (χ0n) is 6.70. The molecule has 4 heteroatoms. The lowest BCUT2D eigenvalue weighted by Crippen LogP contribution is -2.34. The molecule has 0 aromatic carbocycles. The summed E-state index contributed by atoms with van der Waals surface area (Å²) in [5.41, 5.74) is 0.0249. The highest BCUT2D eigenvalue weighted by atomic mass is 16.7. The van der Waals surface area contributed by atoms with E-state index in [1.807, 2.05) is 0 Å². The Labute approximate surface area is 64.8 Å². The van der Waals surface area contributed by atoms with Crippen molar-refractivity contribution in [3.8, 4) is 0 Å². The van der Waals surface area contributed by atoms with Gasteiger partial charge in [-0.1, -0.05) is 18.5 Å². The van der Waals surface area contributed by atoms with Gasteiger partial charge in [-0.2, -0.15) is 0 Å². The normalized spacial score (nSPS) is 33.1. The average molecular weight is 155 g/mol. The van der Waals surface area contributed by atoms with Crippen molar-refractivity contribution in [3.63, 3.8) is 0 Å². The monoisotopic (exact) mass is 155 g/mol. The smallest absolute Gasteiger partial charge is 0.261 e. The molecule has 60 valence electrons. The molecule has 0 bridgehead atoms. The van der Waals surface area contributed by atoms with Crippen LogP contribution in [-0.4, -0.2) is 23.3 Å². The maximum absolute atomic E-state index is 11.1. The van der Waals surface area contributed by atoms with E-state index in [4.69, 9.17) is 0 Å². The Kier molecular flexibility index (Phi) is 1.11. The maximum atomic E-state index is 11.1. The van der Waals surface area contributed by atoms with Gasteiger partial charge in [0.1, 0.15) is 0 Å². The van der Waals surface area contributed by atoms with Crippen molar-refractivity contribution < 1.29 is 14.3 Å². The van der Waals surface area contributed by atoms with Crippen LogP contribution in [0.5, 0.6) is 0 Å². The predicted octanol–water partition coefficient (Wildman–Crippen LogP) is 0.721. The highest BCUT2D eigenvalue weighted by Gasteiger charge is 2.56. The third kappa shape index (κ3) is 0.783. The van der Waals surface area contributed by atoms with E-state index in [9.17, 15) is 4.79 Å². The third-order valence-electron chi connectivity index (χ3n) is 2.48. The summed E-state index contributed by atoms with van der Waals surface area (Å²) in [5, 5.41) is 3.66.